The number of aromatic nitrogens is 3. The molecule has 1 aliphatic carbocycles. The molecule has 3 unspecified atom stereocenters. The first-order chi connectivity index (χ1) is 13.6. The first-order valence-corrected chi connectivity index (χ1v) is 11.6. The molecular weight excluding hydrogens is 374 g/mol. The summed E-state index contributed by atoms with van der Waals surface area (Å²) in [7, 11) is 0. The highest BCUT2D eigenvalue weighted by Gasteiger charge is 2.28. The predicted molar refractivity (Wildman–Crippen MR) is 113 cm³/mol. The van der Waals surface area contributed by atoms with Crippen molar-refractivity contribution in [2.45, 2.75) is 58.0 Å². The van der Waals surface area contributed by atoms with Gasteiger partial charge in [-0.25, -0.2) is 4.98 Å². The van der Waals surface area contributed by atoms with Crippen LogP contribution in [-0.4, -0.2) is 48.3 Å². The van der Waals surface area contributed by atoms with Crippen molar-refractivity contribution >= 4 is 28.3 Å². The van der Waals surface area contributed by atoms with E-state index in [1.807, 2.05) is 28.1 Å². The fourth-order valence-electron chi connectivity index (χ4n) is 4.51. The Morgan fingerprint density at radius 3 is 2.71 bits per heavy atom. The molecule has 2 aromatic heterocycles. The van der Waals surface area contributed by atoms with Crippen molar-refractivity contribution in [3.05, 3.63) is 28.7 Å². The van der Waals surface area contributed by atoms with E-state index in [0.717, 1.165) is 56.2 Å². The maximum atomic E-state index is 12.6. The first kappa shape index (κ1) is 19.7. The molecule has 0 radical (unpaired) electrons. The van der Waals surface area contributed by atoms with Crippen LogP contribution in [0.2, 0.25) is 0 Å². The van der Waals surface area contributed by atoms with E-state index < -0.39 is 11.4 Å². The van der Waals surface area contributed by atoms with E-state index in [9.17, 15) is 9.35 Å². The highest BCUT2D eigenvalue weighted by atomic mass is 32.2. The quantitative estimate of drug-likeness (QED) is 0.773. The summed E-state index contributed by atoms with van der Waals surface area (Å²) in [5, 5.41) is 4.34. The third-order valence-electron chi connectivity index (χ3n) is 6.14. The van der Waals surface area contributed by atoms with Gasteiger partial charge >= 0.3 is 0 Å². The number of nitrogens with one attached hydrogen (secondary N) is 1. The highest BCUT2D eigenvalue weighted by molar-refractivity contribution is 7.89. The first-order valence-electron chi connectivity index (χ1n) is 10.3. The maximum Gasteiger partial charge on any atom is 0.252 e. The predicted octanol–water partition coefficient (Wildman–Crippen LogP) is 2.71. The molecule has 1 N–H and O–H groups in total. The Labute approximate surface area is 168 Å². The molecule has 1 saturated carbocycles. The van der Waals surface area contributed by atoms with Crippen LogP contribution in [0.3, 0.4) is 0 Å². The van der Waals surface area contributed by atoms with Crippen LogP contribution in [-0.2, 0) is 11.4 Å². The van der Waals surface area contributed by atoms with Gasteiger partial charge in [-0.1, -0.05) is 13.3 Å². The van der Waals surface area contributed by atoms with Crippen LogP contribution < -0.4 is 10.9 Å². The molecule has 4 rings (SSSR count). The summed E-state index contributed by atoms with van der Waals surface area (Å²) >= 11 is -0.868. The Kier molecular flexibility index (Phi) is 5.89. The van der Waals surface area contributed by atoms with Crippen LogP contribution in [0.15, 0.2) is 23.1 Å². The summed E-state index contributed by atoms with van der Waals surface area (Å²) in [5.74, 6) is 1.73. The molecule has 1 saturated heterocycles. The lowest BCUT2D eigenvalue weighted by Crippen LogP contribution is -2.43. The zero-order chi connectivity index (χ0) is 19.7. The van der Waals surface area contributed by atoms with Gasteiger partial charge in [0.05, 0.1) is 0 Å². The van der Waals surface area contributed by atoms with Crippen LogP contribution in [0, 0.1) is 5.92 Å². The number of rotatable bonds is 5. The number of pyridine rings is 1. The third-order valence-corrected chi connectivity index (χ3v) is 7.57. The molecule has 1 aliphatic heterocycles. The lowest BCUT2D eigenvalue weighted by atomic mass is 10.1. The largest absolute Gasteiger partial charge is 0.598 e. The average Bonchev–Trinajstić information content (AvgIpc) is 3.13. The molecular formula is C20H29N5O2S. The molecule has 2 aromatic rings. The molecule has 3 heterocycles. The molecule has 28 heavy (non-hydrogen) atoms. The van der Waals surface area contributed by atoms with Gasteiger partial charge in [-0.05, 0) is 44.6 Å². The van der Waals surface area contributed by atoms with Crippen LogP contribution in [0.4, 0.5) is 5.95 Å². The van der Waals surface area contributed by atoms with Crippen molar-refractivity contribution in [2.75, 3.05) is 24.2 Å². The SMILES string of the molecule is CC[S+]([O-])N1CCC(Nc2ncc3ccc(=O)n(C4CCCC4C)c3n2)CC1. The average molecular weight is 404 g/mol. The monoisotopic (exact) mass is 403 g/mol. The van der Waals surface area contributed by atoms with Crippen LogP contribution in [0.25, 0.3) is 11.0 Å². The van der Waals surface area contributed by atoms with E-state index >= 15 is 0 Å². The van der Waals surface area contributed by atoms with Gasteiger partial charge in [-0.3, -0.25) is 9.36 Å². The molecule has 0 aromatic carbocycles. The molecule has 2 fully saturated rings. The van der Waals surface area contributed by atoms with E-state index in [2.05, 4.69) is 17.2 Å². The minimum atomic E-state index is -0.868. The Hall–Kier alpha value is -1.64. The summed E-state index contributed by atoms with van der Waals surface area (Å²) in [6.07, 6.45) is 6.97. The smallest absolute Gasteiger partial charge is 0.252 e. The molecule has 7 nitrogen and oxygen atoms in total. The zero-order valence-corrected chi connectivity index (χ0v) is 17.5. The second-order valence-electron chi connectivity index (χ2n) is 7.95. The van der Waals surface area contributed by atoms with Gasteiger partial charge in [0.2, 0.25) is 5.95 Å². The normalized spacial score (nSPS) is 25.2. The fourth-order valence-corrected chi connectivity index (χ4v) is 5.49. The van der Waals surface area contributed by atoms with E-state index in [4.69, 9.17) is 4.98 Å². The Morgan fingerprint density at radius 1 is 1.25 bits per heavy atom. The van der Waals surface area contributed by atoms with Crippen molar-refractivity contribution < 1.29 is 4.55 Å². The van der Waals surface area contributed by atoms with Crippen LogP contribution in [0.5, 0.6) is 0 Å². The van der Waals surface area contributed by atoms with Gasteiger partial charge in [0, 0.05) is 54.2 Å². The number of nitrogens with zero attached hydrogens (tertiary/aromatic N) is 4. The van der Waals surface area contributed by atoms with Crippen LogP contribution >= 0.6 is 0 Å². The van der Waals surface area contributed by atoms with Gasteiger partial charge in [-0.15, -0.1) is 4.31 Å². The fraction of sp³-hybridized carbons (Fsp3) is 0.650. The molecule has 3 atom stereocenters. The number of anilines is 1. The van der Waals surface area contributed by atoms with Crippen molar-refractivity contribution in [3.63, 3.8) is 0 Å². The van der Waals surface area contributed by atoms with Gasteiger partial charge in [-0.2, -0.15) is 4.98 Å². The number of fused-ring (bicyclic) bond motifs is 1. The van der Waals surface area contributed by atoms with Gasteiger partial charge in [0.15, 0.2) is 0 Å². The summed E-state index contributed by atoms with van der Waals surface area (Å²) < 4.78 is 15.9. The van der Waals surface area contributed by atoms with Gasteiger partial charge in [0.1, 0.15) is 11.4 Å². The van der Waals surface area contributed by atoms with E-state index in [1.165, 1.54) is 0 Å². The van der Waals surface area contributed by atoms with Crippen molar-refractivity contribution in [2.24, 2.45) is 5.92 Å². The maximum absolute atomic E-state index is 12.6. The van der Waals surface area contributed by atoms with E-state index in [0.29, 0.717) is 17.6 Å². The second kappa shape index (κ2) is 8.39. The zero-order valence-electron chi connectivity index (χ0n) is 16.6. The molecule has 2 aliphatic rings. The molecule has 152 valence electrons. The minimum Gasteiger partial charge on any atom is -0.598 e. The molecule has 0 spiro atoms. The lowest BCUT2D eigenvalue weighted by molar-refractivity contribution is 0.329. The second-order valence-corrected chi connectivity index (χ2v) is 9.68. The van der Waals surface area contributed by atoms with Crippen molar-refractivity contribution in [3.8, 4) is 0 Å². The number of piperidine rings is 1. The molecule has 8 heteroatoms. The summed E-state index contributed by atoms with van der Waals surface area (Å²) in [4.78, 5) is 21.9. The molecule has 0 bridgehead atoms. The summed E-state index contributed by atoms with van der Waals surface area (Å²) in [6.45, 7) is 5.80. The highest BCUT2D eigenvalue weighted by Crippen LogP contribution is 2.35. The Morgan fingerprint density at radius 2 is 2.04 bits per heavy atom. The van der Waals surface area contributed by atoms with E-state index in [-0.39, 0.29) is 17.6 Å². The Balaban J connectivity index is 1.55. The van der Waals surface area contributed by atoms with Gasteiger partial charge < -0.3 is 9.87 Å². The van der Waals surface area contributed by atoms with Crippen molar-refractivity contribution in [1.82, 2.24) is 18.8 Å². The third kappa shape index (κ3) is 3.90. The Bertz CT molecular complexity index is 881. The van der Waals surface area contributed by atoms with Crippen LogP contribution in [0.1, 0.15) is 52.0 Å². The minimum absolute atomic E-state index is 0.0197. The van der Waals surface area contributed by atoms with Crippen molar-refractivity contribution in [1.29, 1.82) is 0 Å². The standard InChI is InChI=1S/C20H29N5O2S/c1-3-28(27)24-11-9-16(10-12-24)22-20-21-13-15-7-8-18(26)25(19(15)23-20)17-6-4-5-14(17)2/h7-8,13-14,16-17H,3-6,9-12H2,1-2H3,(H,21,22,23). The number of hydrogen-bond donors (Lipinski definition) is 1. The van der Waals surface area contributed by atoms with E-state index in [1.54, 1.807) is 6.07 Å². The summed E-state index contributed by atoms with van der Waals surface area (Å²) in [6, 6.07) is 3.92. The number of hydrogen-bond acceptors (Lipinski definition) is 6. The molecule has 0 amide bonds. The lowest BCUT2D eigenvalue weighted by Gasteiger charge is -2.31. The summed E-state index contributed by atoms with van der Waals surface area (Å²) in [5.41, 5.74) is 0.750. The van der Waals surface area contributed by atoms with Gasteiger partial charge in [0.25, 0.3) is 5.56 Å². The topological polar surface area (TPSA) is 86.1 Å².